The molecule has 90 valence electrons. The van der Waals surface area contributed by atoms with Crippen molar-refractivity contribution in [3.63, 3.8) is 0 Å². The van der Waals surface area contributed by atoms with Gasteiger partial charge in [0.15, 0.2) is 5.00 Å². The molecule has 2 aromatic rings. The highest BCUT2D eigenvalue weighted by atomic mass is 35.5. The maximum absolute atomic E-state index is 6.01. The molecule has 0 spiro atoms. The van der Waals surface area contributed by atoms with Crippen LogP contribution in [0.1, 0.15) is 11.3 Å². The molecular weight excluding hydrogens is 260 g/mol. The standard InChI is InChI=1S/C10H11ClN4OS/c1-6-2-3-7(11)9(4-6)16-5-8-10(13-12)17-15-14-8/h2-4,13H,5,12H2,1H3. The number of aryl methyl sites for hydroxylation is 1. The van der Waals surface area contributed by atoms with Gasteiger partial charge >= 0.3 is 0 Å². The third-order valence-electron chi connectivity index (χ3n) is 2.14. The van der Waals surface area contributed by atoms with Crippen molar-refractivity contribution in [1.29, 1.82) is 0 Å². The molecule has 0 aliphatic rings. The molecule has 1 aromatic heterocycles. The van der Waals surface area contributed by atoms with Crippen LogP contribution in [0.5, 0.6) is 5.75 Å². The summed E-state index contributed by atoms with van der Waals surface area (Å²) in [5, 5.41) is 5.17. The summed E-state index contributed by atoms with van der Waals surface area (Å²) < 4.78 is 9.36. The van der Waals surface area contributed by atoms with Crippen molar-refractivity contribution in [2.24, 2.45) is 5.84 Å². The van der Waals surface area contributed by atoms with Crippen LogP contribution in [0.2, 0.25) is 5.02 Å². The molecule has 17 heavy (non-hydrogen) atoms. The molecule has 2 rings (SSSR count). The summed E-state index contributed by atoms with van der Waals surface area (Å²) in [6.07, 6.45) is 0. The zero-order valence-electron chi connectivity index (χ0n) is 9.11. The Labute approximate surface area is 108 Å². The number of hydrogen-bond acceptors (Lipinski definition) is 6. The van der Waals surface area contributed by atoms with Crippen molar-refractivity contribution in [3.05, 3.63) is 34.5 Å². The second-order valence-corrected chi connectivity index (χ2v) is 4.58. The van der Waals surface area contributed by atoms with Crippen LogP contribution in [0.25, 0.3) is 0 Å². The van der Waals surface area contributed by atoms with E-state index in [4.69, 9.17) is 22.2 Å². The predicted molar refractivity (Wildman–Crippen MR) is 68.2 cm³/mol. The molecule has 7 heteroatoms. The first kappa shape index (κ1) is 12.1. The third-order valence-corrected chi connectivity index (χ3v) is 3.15. The van der Waals surface area contributed by atoms with Crippen LogP contribution in [0.4, 0.5) is 5.00 Å². The molecular formula is C10H11ClN4OS. The van der Waals surface area contributed by atoms with Gasteiger partial charge in [-0.05, 0) is 24.6 Å². The summed E-state index contributed by atoms with van der Waals surface area (Å²) in [6.45, 7) is 2.25. The maximum atomic E-state index is 6.01. The average Bonchev–Trinajstić information content (AvgIpc) is 2.77. The molecule has 0 fully saturated rings. The van der Waals surface area contributed by atoms with Crippen LogP contribution in [-0.4, -0.2) is 9.59 Å². The number of nitrogens with zero attached hydrogens (tertiary/aromatic N) is 2. The van der Waals surface area contributed by atoms with E-state index < -0.39 is 0 Å². The number of aromatic nitrogens is 2. The quantitative estimate of drug-likeness (QED) is 0.659. The lowest BCUT2D eigenvalue weighted by atomic mass is 10.2. The van der Waals surface area contributed by atoms with Gasteiger partial charge in [0.25, 0.3) is 0 Å². The van der Waals surface area contributed by atoms with Crippen LogP contribution in [0.3, 0.4) is 0 Å². The molecule has 0 aliphatic heterocycles. The first-order valence-electron chi connectivity index (χ1n) is 4.87. The van der Waals surface area contributed by atoms with E-state index in [0.717, 1.165) is 5.56 Å². The molecule has 0 bridgehead atoms. The van der Waals surface area contributed by atoms with Crippen LogP contribution < -0.4 is 16.0 Å². The molecule has 5 nitrogen and oxygen atoms in total. The van der Waals surface area contributed by atoms with Crippen molar-refractivity contribution >= 4 is 28.1 Å². The van der Waals surface area contributed by atoms with Crippen LogP contribution >= 0.6 is 23.1 Å². The lowest BCUT2D eigenvalue weighted by molar-refractivity contribution is 0.301. The highest BCUT2D eigenvalue weighted by Gasteiger charge is 2.08. The fraction of sp³-hybridized carbons (Fsp3) is 0.200. The zero-order chi connectivity index (χ0) is 12.3. The van der Waals surface area contributed by atoms with Crippen LogP contribution in [-0.2, 0) is 6.61 Å². The molecule has 1 aromatic carbocycles. The van der Waals surface area contributed by atoms with E-state index in [1.54, 1.807) is 6.07 Å². The first-order valence-corrected chi connectivity index (χ1v) is 6.02. The van der Waals surface area contributed by atoms with Crippen molar-refractivity contribution in [1.82, 2.24) is 9.59 Å². The summed E-state index contributed by atoms with van der Waals surface area (Å²) in [4.78, 5) is 0. The fourth-order valence-electron chi connectivity index (χ4n) is 1.28. The summed E-state index contributed by atoms with van der Waals surface area (Å²) in [5.41, 5.74) is 4.26. The van der Waals surface area contributed by atoms with Gasteiger partial charge < -0.3 is 10.2 Å². The summed E-state index contributed by atoms with van der Waals surface area (Å²) >= 11 is 7.19. The number of nitrogens with two attached hydrogens (primary N) is 1. The Morgan fingerprint density at radius 3 is 3.12 bits per heavy atom. The zero-order valence-corrected chi connectivity index (χ0v) is 10.7. The molecule has 0 saturated carbocycles. The molecule has 0 atom stereocenters. The average molecular weight is 271 g/mol. The Morgan fingerprint density at radius 1 is 1.53 bits per heavy atom. The summed E-state index contributed by atoms with van der Waals surface area (Å²) in [5.74, 6) is 5.94. The normalized spacial score (nSPS) is 10.3. The highest BCUT2D eigenvalue weighted by molar-refractivity contribution is 7.10. The van der Waals surface area contributed by atoms with Crippen molar-refractivity contribution in [2.45, 2.75) is 13.5 Å². The predicted octanol–water partition coefficient (Wildman–Crippen LogP) is 2.36. The Hall–Kier alpha value is -1.37. The fourth-order valence-corrected chi connectivity index (χ4v) is 1.93. The molecule has 1 heterocycles. The lowest BCUT2D eigenvalue weighted by Crippen LogP contribution is -2.08. The highest BCUT2D eigenvalue weighted by Crippen LogP contribution is 2.27. The number of rotatable bonds is 4. The topological polar surface area (TPSA) is 73.1 Å². The number of halogens is 1. The second kappa shape index (κ2) is 5.31. The summed E-state index contributed by atoms with van der Waals surface area (Å²) in [6, 6.07) is 5.59. The molecule has 0 aliphatic carbocycles. The third kappa shape index (κ3) is 2.85. The van der Waals surface area contributed by atoms with Gasteiger partial charge in [0.2, 0.25) is 0 Å². The van der Waals surface area contributed by atoms with E-state index in [9.17, 15) is 0 Å². The smallest absolute Gasteiger partial charge is 0.150 e. The second-order valence-electron chi connectivity index (χ2n) is 3.42. The molecule has 0 saturated heterocycles. The minimum absolute atomic E-state index is 0.277. The van der Waals surface area contributed by atoms with Gasteiger partial charge in [0.1, 0.15) is 18.1 Å². The molecule has 0 unspecified atom stereocenters. The number of hydrogen-bond donors (Lipinski definition) is 2. The summed E-state index contributed by atoms with van der Waals surface area (Å²) in [7, 11) is 0. The van der Waals surface area contributed by atoms with Gasteiger partial charge in [-0.2, -0.15) is 0 Å². The van der Waals surface area contributed by atoms with E-state index in [1.165, 1.54) is 11.5 Å². The Morgan fingerprint density at radius 2 is 2.35 bits per heavy atom. The largest absolute Gasteiger partial charge is 0.486 e. The van der Waals surface area contributed by atoms with E-state index in [1.807, 2.05) is 19.1 Å². The SMILES string of the molecule is Cc1ccc(Cl)c(OCc2nnsc2NN)c1. The maximum Gasteiger partial charge on any atom is 0.150 e. The van der Waals surface area contributed by atoms with Gasteiger partial charge in [0, 0.05) is 11.5 Å². The van der Waals surface area contributed by atoms with Gasteiger partial charge in [-0.15, -0.1) is 5.10 Å². The van der Waals surface area contributed by atoms with Crippen LogP contribution in [0, 0.1) is 6.92 Å². The minimum Gasteiger partial charge on any atom is -0.486 e. The lowest BCUT2D eigenvalue weighted by Gasteiger charge is -2.07. The number of hydrazine groups is 1. The monoisotopic (exact) mass is 270 g/mol. The Balaban J connectivity index is 2.09. The number of benzene rings is 1. The number of anilines is 1. The molecule has 0 radical (unpaired) electrons. The van der Waals surface area contributed by atoms with Gasteiger partial charge in [-0.1, -0.05) is 22.2 Å². The number of nitrogen functional groups attached to an aromatic ring is 1. The Bertz CT molecular complexity index is 517. The van der Waals surface area contributed by atoms with Crippen molar-refractivity contribution in [3.8, 4) is 5.75 Å². The van der Waals surface area contributed by atoms with Crippen LogP contribution in [0.15, 0.2) is 18.2 Å². The van der Waals surface area contributed by atoms with E-state index in [2.05, 4.69) is 15.0 Å². The number of nitrogens with one attached hydrogen (secondary N) is 1. The van der Waals surface area contributed by atoms with E-state index >= 15 is 0 Å². The van der Waals surface area contributed by atoms with E-state index in [-0.39, 0.29) is 6.61 Å². The van der Waals surface area contributed by atoms with Gasteiger partial charge in [0.05, 0.1) is 5.02 Å². The molecule has 0 amide bonds. The molecule has 3 N–H and O–H groups in total. The van der Waals surface area contributed by atoms with Crippen molar-refractivity contribution < 1.29 is 4.74 Å². The minimum atomic E-state index is 0.277. The number of ether oxygens (including phenoxy) is 1. The van der Waals surface area contributed by atoms with Gasteiger partial charge in [-0.25, -0.2) is 5.84 Å². The van der Waals surface area contributed by atoms with Crippen molar-refractivity contribution in [2.75, 3.05) is 5.43 Å². The van der Waals surface area contributed by atoms with Gasteiger partial charge in [-0.3, -0.25) is 0 Å². The first-order chi connectivity index (χ1) is 8.20. The van der Waals surface area contributed by atoms with E-state index in [0.29, 0.717) is 21.5 Å². The Kier molecular flexibility index (Phi) is 3.78.